The molecule has 1 aliphatic rings. The second kappa shape index (κ2) is 5.43. The molecule has 0 bridgehead atoms. The monoisotopic (exact) mass is 291 g/mol. The molecule has 104 valence electrons. The number of ether oxygens (including phenoxy) is 1. The molecule has 0 spiro atoms. The number of para-hydroxylation sites is 1. The normalized spacial score (nSPS) is 21.1. The molecule has 0 fully saturated rings. The molecule has 0 amide bonds. The first-order chi connectivity index (χ1) is 9.70. The number of rotatable bonds is 2. The second-order valence-corrected chi connectivity index (χ2v) is 5.27. The Hall–Kier alpha value is -1.58. The van der Waals surface area contributed by atoms with Crippen LogP contribution in [0.3, 0.4) is 0 Å². The first kappa shape index (κ1) is 13.4. The zero-order chi connectivity index (χ0) is 14.1. The van der Waals surface area contributed by atoms with Crippen LogP contribution in [0.1, 0.15) is 29.7 Å². The molecule has 0 aromatic heterocycles. The first-order valence-corrected chi connectivity index (χ1v) is 6.95. The Labute approximate surface area is 122 Å². The summed E-state index contributed by atoms with van der Waals surface area (Å²) in [7, 11) is 1.90. The average molecular weight is 292 g/mol. The fourth-order valence-corrected chi connectivity index (χ4v) is 2.83. The van der Waals surface area contributed by atoms with Crippen LogP contribution in [0, 0.1) is 5.82 Å². The van der Waals surface area contributed by atoms with Crippen molar-refractivity contribution in [2.24, 2.45) is 0 Å². The number of hydrogen-bond acceptors (Lipinski definition) is 2. The van der Waals surface area contributed by atoms with E-state index >= 15 is 0 Å². The predicted molar refractivity (Wildman–Crippen MR) is 77.6 cm³/mol. The third kappa shape index (κ3) is 2.28. The Balaban J connectivity index is 2.00. The van der Waals surface area contributed by atoms with E-state index in [1.165, 1.54) is 0 Å². The molecule has 20 heavy (non-hydrogen) atoms. The molecular weight excluding hydrogens is 277 g/mol. The summed E-state index contributed by atoms with van der Waals surface area (Å²) in [6.07, 6.45) is 0.339. The number of nitrogens with one attached hydrogen (secondary N) is 1. The van der Waals surface area contributed by atoms with Gasteiger partial charge in [-0.15, -0.1) is 0 Å². The molecular formula is C16H15ClFNO. The molecule has 0 saturated heterocycles. The Kier molecular flexibility index (Phi) is 3.64. The lowest BCUT2D eigenvalue weighted by molar-refractivity contribution is 0.150. The third-order valence-corrected chi connectivity index (χ3v) is 3.98. The van der Waals surface area contributed by atoms with Gasteiger partial charge in [-0.05, 0) is 19.2 Å². The molecule has 2 aromatic rings. The molecule has 1 heterocycles. The molecule has 0 radical (unpaired) electrons. The van der Waals surface area contributed by atoms with Gasteiger partial charge in [-0.2, -0.15) is 0 Å². The van der Waals surface area contributed by atoms with E-state index in [9.17, 15) is 4.39 Å². The lowest BCUT2D eigenvalue weighted by Crippen LogP contribution is -2.27. The van der Waals surface area contributed by atoms with Gasteiger partial charge in [0.2, 0.25) is 0 Å². The topological polar surface area (TPSA) is 21.3 Å². The van der Waals surface area contributed by atoms with E-state index in [4.69, 9.17) is 16.3 Å². The van der Waals surface area contributed by atoms with Crippen molar-refractivity contribution in [2.75, 3.05) is 7.05 Å². The quantitative estimate of drug-likeness (QED) is 0.892. The van der Waals surface area contributed by atoms with Gasteiger partial charge in [-0.1, -0.05) is 41.9 Å². The van der Waals surface area contributed by atoms with Gasteiger partial charge in [-0.25, -0.2) is 4.39 Å². The number of fused-ring (bicyclic) bond motifs is 1. The van der Waals surface area contributed by atoms with E-state index in [1.54, 1.807) is 18.2 Å². The maximum Gasteiger partial charge on any atom is 0.148 e. The molecule has 4 heteroatoms. The zero-order valence-electron chi connectivity index (χ0n) is 11.1. The largest absolute Gasteiger partial charge is 0.485 e. The second-order valence-electron chi connectivity index (χ2n) is 4.86. The van der Waals surface area contributed by atoms with Crippen LogP contribution in [-0.4, -0.2) is 7.05 Å². The number of hydrogen-bond donors (Lipinski definition) is 1. The van der Waals surface area contributed by atoms with Crippen LogP contribution in [0.5, 0.6) is 5.75 Å². The highest BCUT2D eigenvalue weighted by atomic mass is 35.5. The summed E-state index contributed by atoms with van der Waals surface area (Å²) in [6.45, 7) is 0. The number of benzene rings is 2. The Bertz CT molecular complexity index is 632. The smallest absolute Gasteiger partial charge is 0.148 e. The van der Waals surface area contributed by atoms with Crippen molar-refractivity contribution in [1.29, 1.82) is 0 Å². The SMILES string of the molecule is CNC1CC(c2cccc(Cl)c2F)Oc2ccccc21. The molecule has 1 N–H and O–H groups in total. The van der Waals surface area contributed by atoms with Gasteiger partial charge in [0.15, 0.2) is 0 Å². The lowest BCUT2D eigenvalue weighted by atomic mass is 9.93. The summed E-state index contributed by atoms with van der Waals surface area (Å²) >= 11 is 5.86. The van der Waals surface area contributed by atoms with Crippen LogP contribution < -0.4 is 10.1 Å². The van der Waals surface area contributed by atoms with Crippen LogP contribution >= 0.6 is 11.6 Å². The molecule has 3 rings (SSSR count). The van der Waals surface area contributed by atoms with Gasteiger partial charge >= 0.3 is 0 Å². The molecule has 1 aliphatic heterocycles. The molecule has 2 atom stereocenters. The zero-order valence-corrected chi connectivity index (χ0v) is 11.8. The van der Waals surface area contributed by atoms with Gasteiger partial charge in [-0.3, -0.25) is 0 Å². The van der Waals surface area contributed by atoms with Gasteiger partial charge in [0.1, 0.15) is 17.7 Å². The summed E-state index contributed by atoms with van der Waals surface area (Å²) in [5.41, 5.74) is 1.61. The number of halogens is 2. The van der Waals surface area contributed by atoms with Gasteiger partial charge < -0.3 is 10.1 Å². The highest BCUT2D eigenvalue weighted by Gasteiger charge is 2.30. The van der Waals surface area contributed by atoms with Crippen molar-refractivity contribution < 1.29 is 9.13 Å². The highest BCUT2D eigenvalue weighted by molar-refractivity contribution is 6.30. The standard InChI is InChI=1S/C16H15ClFNO/c1-19-13-9-15(11-6-4-7-12(17)16(11)18)20-14-8-3-2-5-10(13)14/h2-8,13,15,19H,9H2,1H3. The summed E-state index contributed by atoms with van der Waals surface area (Å²) in [5, 5.41) is 3.39. The first-order valence-electron chi connectivity index (χ1n) is 6.57. The lowest BCUT2D eigenvalue weighted by Gasteiger charge is -2.32. The van der Waals surface area contributed by atoms with Crippen molar-refractivity contribution in [2.45, 2.75) is 18.6 Å². The minimum absolute atomic E-state index is 0.131. The Morgan fingerprint density at radius 3 is 2.70 bits per heavy atom. The third-order valence-electron chi connectivity index (χ3n) is 3.69. The van der Waals surface area contributed by atoms with E-state index < -0.39 is 5.82 Å². The van der Waals surface area contributed by atoms with Crippen molar-refractivity contribution in [1.82, 2.24) is 5.32 Å². The fraction of sp³-hybridized carbons (Fsp3) is 0.250. The van der Waals surface area contributed by atoms with Crippen LogP contribution in [0.15, 0.2) is 42.5 Å². The van der Waals surface area contributed by atoms with Crippen molar-refractivity contribution >= 4 is 11.6 Å². The summed E-state index contributed by atoms with van der Waals surface area (Å²) in [5.74, 6) is 0.399. The van der Waals surface area contributed by atoms with Gasteiger partial charge in [0.05, 0.1) is 5.02 Å². The van der Waals surface area contributed by atoms with Crippen molar-refractivity contribution in [3.05, 3.63) is 64.4 Å². The van der Waals surface area contributed by atoms with E-state index in [2.05, 4.69) is 5.32 Å². The predicted octanol–water partition coefficient (Wildman–Crippen LogP) is 4.26. The summed E-state index contributed by atoms with van der Waals surface area (Å²) in [4.78, 5) is 0. The van der Waals surface area contributed by atoms with Crippen LogP contribution in [0.4, 0.5) is 4.39 Å². The molecule has 0 aliphatic carbocycles. The Morgan fingerprint density at radius 2 is 1.90 bits per heavy atom. The maximum absolute atomic E-state index is 14.2. The summed E-state index contributed by atoms with van der Waals surface area (Å²) < 4.78 is 20.1. The molecule has 2 unspecified atom stereocenters. The summed E-state index contributed by atoms with van der Waals surface area (Å²) in [6, 6.07) is 13.0. The van der Waals surface area contributed by atoms with Gasteiger partial charge in [0, 0.05) is 23.6 Å². The maximum atomic E-state index is 14.2. The molecule has 2 aromatic carbocycles. The molecule has 0 saturated carbocycles. The van der Waals surface area contributed by atoms with Crippen LogP contribution in [-0.2, 0) is 0 Å². The van der Waals surface area contributed by atoms with E-state index in [1.807, 2.05) is 31.3 Å². The van der Waals surface area contributed by atoms with E-state index in [-0.39, 0.29) is 17.2 Å². The molecule has 2 nitrogen and oxygen atoms in total. The van der Waals surface area contributed by atoms with Crippen LogP contribution in [0.25, 0.3) is 0 Å². The highest BCUT2D eigenvalue weighted by Crippen LogP contribution is 2.41. The minimum atomic E-state index is -0.395. The Morgan fingerprint density at radius 1 is 1.15 bits per heavy atom. The van der Waals surface area contributed by atoms with E-state index in [0.717, 1.165) is 11.3 Å². The van der Waals surface area contributed by atoms with E-state index in [0.29, 0.717) is 12.0 Å². The average Bonchev–Trinajstić information content (AvgIpc) is 2.49. The van der Waals surface area contributed by atoms with Crippen molar-refractivity contribution in [3.63, 3.8) is 0 Å². The fourth-order valence-electron chi connectivity index (χ4n) is 2.65. The van der Waals surface area contributed by atoms with Crippen LogP contribution in [0.2, 0.25) is 5.02 Å². The van der Waals surface area contributed by atoms with Gasteiger partial charge in [0.25, 0.3) is 0 Å². The minimum Gasteiger partial charge on any atom is -0.485 e. The van der Waals surface area contributed by atoms with Crippen molar-refractivity contribution in [3.8, 4) is 5.75 Å².